The molecule has 0 aromatic heterocycles. The Morgan fingerprint density at radius 1 is 1.12 bits per heavy atom. The fraction of sp³-hybridized carbons (Fsp3) is 0.619. The van der Waals surface area contributed by atoms with E-state index in [-0.39, 0.29) is 30.6 Å². The summed E-state index contributed by atoms with van der Waals surface area (Å²) in [7, 11) is -4.48. The third kappa shape index (κ3) is 4.93. The minimum Gasteiger partial charge on any atom is -0.461 e. The molecule has 32 heavy (non-hydrogen) atoms. The van der Waals surface area contributed by atoms with Gasteiger partial charge in [0.2, 0.25) is 0 Å². The van der Waals surface area contributed by atoms with Crippen molar-refractivity contribution in [2.24, 2.45) is 17.3 Å². The number of rotatable bonds is 8. The van der Waals surface area contributed by atoms with Gasteiger partial charge in [-0.25, -0.2) is 0 Å². The zero-order valence-corrected chi connectivity index (χ0v) is 18.2. The van der Waals surface area contributed by atoms with Crippen LogP contribution in [-0.4, -0.2) is 41.2 Å². The highest BCUT2D eigenvalue weighted by Gasteiger charge is 2.60. The highest BCUT2D eigenvalue weighted by Crippen LogP contribution is 2.64. The molecule has 0 aliphatic heterocycles. The van der Waals surface area contributed by atoms with Gasteiger partial charge in [0.25, 0.3) is 15.8 Å². The van der Waals surface area contributed by atoms with E-state index >= 15 is 0 Å². The first-order chi connectivity index (χ1) is 15.0. The lowest BCUT2D eigenvalue weighted by Crippen LogP contribution is -2.58. The monoisotopic (exact) mass is 467 g/mol. The zero-order valence-electron chi connectivity index (χ0n) is 17.4. The predicted molar refractivity (Wildman–Crippen MR) is 110 cm³/mol. The molecule has 4 aliphatic rings. The SMILES string of the molecule is O=C(CC12CC3CC(C1)CC(OC(=O)CS(=O)(=O)O)(C3)C2)OCc1ccccc1[N+](=O)[O-]. The van der Waals surface area contributed by atoms with E-state index in [9.17, 15) is 28.1 Å². The summed E-state index contributed by atoms with van der Waals surface area (Å²) < 4.78 is 42.0. The molecule has 2 unspecified atom stereocenters. The number of carbonyl (C=O) groups is 2. The van der Waals surface area contributed by atoms with Crippen LogP contribution in [0.15, 0.2) is 24.3 Å². The van der Waals surface area contributed by atoms with Crippen LogP contribution in [0, 0.1) is 27.4 Å². The molecule has 1 aromatic carbocycles. The van der Waals surface area contributed by atoms with Gasteiger partial charge in [0.15, 0.2) is 5.75 Å². The second-order valence-electron chi connectivity index (χ2n) is 9.57. The molecule has 174 valence electrons. The van der Waals surface area contributed by atoms with Crippen LogP contribution in [0.1, 0.15) is 50.5 Å². The Hall–Kier alpha value is -2.53. The molecule has 0 heterocycles. The molecular formula is C21H25NO9S. The van der Waals surface area contributed by atoms with Crippen LogP contribution in [0.3, 0.4) is 0 Å². The number of nitrogens with zero attached hydrogens (tertiary/aromatic N) is 1. The van der Waals surface area contributed by atoms with E-state index in [1.807, 2.05) is 0 Å². The molecule has 2 atom stereocenters. The molecule has 11 heteroatoms. The Kier molecular flexibility index (Phi) is 5.74. The Morgan fingerprint density at radius 3 is 2.41 bits per heavy atom. The van der Waals surface area contributed by atoms with Gasteiger partial charge in [0.05, 0.1) is 16.9 Å². The van der Waals surface area contributed by atoms with Gasteiger partial charge in [-0.05, 0) is 61.8 Å². The summed E-state index contributed by atoms with van der Waals surface area (Å²) in [4.78, 5) is 35.4. The van der Waals surface area contributed by atoms with Gasteiger partial charge < -0.3 is 9.47 Å². The van der Waals surface area contributed by atoms with Crippen molar-refractivity contribution in [1.82, 2.24) is 0 Å². The maximum absolute atomic E-state index is 12.7. The summed E-state index contributed by atoms with van der Waals surface area (Å²) in [6, 6.07) is 6.08. The number of esters is 2. The molecule has 5 rings (SSSR count). The molecular weight excluding hydrogens is 442 g/mol. The van der Waals surface area contributed by atoms with Gasteiger partial charge in [0, 0.05) is 6.07 Å². The average Bonchev–Trinajstić information content (AvgIpc) is 2.62. The zero-order chi connectivity index (χ0) is 23.1. The Labute approximate surface area is 185 Å². The molecule has 0 amide bonds. The van der Waals surface area contributed by atoms with Crippen molar-refractivity contribution < 1.29 is 37.0 Å². The molecule has 1 aromatic rings. The highest BCUT2D eigenvalue weighted by molar-refractivity contribution is 7.86. The lowest BCUT2D eigenvalue weighted by Gasteiger charge is -2.61. The summed E-state index contributed by atoms with van der Waals surface area (Å²) in [5.74, 6) is -2.02. The minimum atomic E-state index is -4.48. The van der Waals surface area contributed by atoms with Crippen molar-refractivity contribution in [3.63, 3.8) is 0 Å². The second kappa shape index (κ2) is 8.11. The lowest BCUT2D eigenvalue weighted by atomic mass is 9.47. The maximum Gasteiger partial charge on any atom is 0.324 e. The summed E-state index contributed by atoms with van der Waals surface area (Å²) in [5.41, 5.74) is -1.04. The Balaban J connectivity index is 1.43. The van der Waals surface area contributed by atoms with Gasteiger partial charge in [-0.3, -0.25) is 24.3 Å². The van der Waals surface area contributed by atoms with Crippen molar-refractivity contribution in [1.29, 1.82) is 0 Å². The summed E-state index contributed by atoms with van der Waals surface area (Å²) in [6.45, 7) is -0.201. The topological polar surface area (TPSA) is 150 Å². The van der Waals surface area contributed by atoms with Crippen LogP contribution in [0.2, 0.25) is 0 Å². The fourth-order valence-corrected chi connectivity index (χ4v) is 6.79. The fourth-order valence-electron chi connectivity index (χ4n) is 6.44. The third-order valence-electron chi connectivity index (χ3n) is 6.86. The van der Waals surface area contributed by atoms with E-state index in [0.717, 1.165) is 19.3 Å². The quantitative estimate of drug-likeness (QED) is 0.263. The van der Waals surface area contributed by atoms with Gasteiger partial charge >= 0.3 is 11.9 Å². The van der Waals surface area contributed by atoms with Crippen LogP contribution in [0.25, 0.3) is 0 Å². The normalized spacial score (nSPS) is 30.7. The summed E-state index contributed by atoms with van der Waals surface area (Å²) >= 11 is 0. The van der Waals surface area contributed by atoms with Gasteiger partial charge in [0.1, 0.15) is 12.2 Å². The van der Waals surface area contributed by atoms with Gasteiger partial charge in [-0.2, -0.15) is 8.42 Å². The first-order valence-electron chi connectivity index (χ1n) is 10.5. The molecule has 4 saturated carbocycles. The largest absolute Gasteiger partial charge is 0.461 e. The molecule has 4 fully saturated rings. The van der Waals surface area contributed by atoms with Crippen LogP contribution >= 0.6 is 0 Å². The number of ether oxygens (including phenoxy) is 2. The van der Waals surface area contributed by atoms with E-state index in [0.29, 0.717) is 24.8 Å². The predicted octanol–water partition coefficient (Wildman–Crippen LogP) is 2.80. The van der Waals surface area contributed by atoms with Crippen molar-refractivity contribution >= 4 is 27.7 Å². The van der Waals surface area contributed by atoms with Crippen molar-refractivity contribution in [3.05, 3.63) is 39.9 Å². The van der Waals surface area contributed by atoms with Crippen LogP contribution in [0.5, 0.6) is 0 Å². The smallest absolute Gasteiger partial charge is 0.324 e. The number of carbonyl (C=O) groups excluding carboxylic acids is 2. The van der Waals surface area contributed by atoms with Crippen LogP contribution in [-0.2, 0) is 35.8 Å². The Morgan fingerprint density at radius 2 is 1.78 bits per heavy atom. The molecule has 4 aliphatic carbocycles. The molecule has 0 radical (unpaired) electrons. The number of nitro groups is 1. The van der Waals surface area contributed by atoms with Gasteiger partial charge in [-0.15, -0.1) is 0 Å². The Bertz CT molecular complexity index is 1040. The van der Waals surface area contributed by atoms with Crippen molar-refractivity contribution in [2.45, 2.75) is 57.2 Å². The minimum absolute atomic E-state index is 0.109. The first-order valence-corrected chi connectivity index (χ1v) is 12.1. The van der Waals surface area contributed by atoms with Crippen LogP contribution in [0.4, 0.5) is 5.69 Å². The summed E-state index contributed by atoms with van der Waals surface area (Å²) in [6.07, 6.45) is 4.35. The second-order valence-corrected chi connectivity index (χ2v) is 11.0. The number of hydrogen-bond donors (Lipinski definition) is 1. The van der Waals surface area contributed by atoms with E-state index in [4.69, 9.17) is 14.0 Å². The average molecular weight is 467 g/mol. The maximum atomic E-state index is 12.7. The molecule has 0 saturated heterocycles. The third-order valence-corrected chi connectivity index (χ3v) is 7.46. The summed E-state index contributed by atoms with van der Waals surface area (Å²) in [5, 5.41) is 11.1. The van der Waals surface area contributed by atoms with E-state index in [1.54, 1.807) is 18.2 Å². The van der Waals surface area contributed by atoms with Crippen LogP contribution < -0.4 is 0 Å². The van der Waals surface area contributed by atoms with E-state index < -0.39 is 43.7 Å². The van der Waals surface area contributed by atoms with Gasteiger partial charge in [-0.1, -0.05) is 12.1 Å². The van der Waals surface area contributed by atoms with Crippen molar-refractivity contribution in [2.75, 3.05) is 5.75 Å². The van der Waals surface area contributed by atoms with Crippen molar-refractivity contribution in [3.8, 4) is 0 Å². The molecule has 10 nitrogen and oxygen atoms in total. The van der Waals surface area contributed by atoms with E-state index in [1.165, 1.54) is 6.07 Å². The first kappa shape index (κ1) is 22.7. The number of hydrogen-bond acceptors (Lipinski definition) is 8. The lowest BCUT2D eigenvalue weighted by molar-refractivity contribution is -0.385. The molecule has 4 bridgehead atoms. The number of para-hydroxylation sites is 1. The molecule has 1 N–H and O–H groups in total. The standard InChI is InChI=1S/C21H25NO9S/c23-18(30-11-16-3-1-2-4-17(16)22(25)26)10-20-6-14-5-15(7-20)9-21(8-14,13-20)31-19(24)12-32(27,28)29/h1-4,14-15H,5-13H2,(H,27,28,29). The number of benzene rings is 1. The van der Waals surface area contributed by atoms with E-state index in [2.05, 4.69) is 0 Å². The highest BCUT2D eigenvalue weighted by atomic mass is 32.2. The molecule has 0 spiro atoms. The number of nitro benzene ring substituents is 1.